The minimum absolute atomic E-state index is 0.372. The zero-order chi connectivity index (χ0) is 35.2. The van der Waals surface area contributed by atoms with E-state index in [-0.39, 0.29) is 0 Å². The van der Waals surface area contributed by atoms with E-state index in [0.717, 1.165) is 0 Å². The summed E-state index contributed by atoms with van der Waals surface area (Å²) in [6.07, 6.45) is 0. The van der Waals surface area contributed by atoms with Gasteiger partial charge in [0.25, 0.3) is 0 Å². The molecule has 0 spiro atoms. The van der Waals surface area contributed by atoms with Crippen LogP contribution in [0, 0.1) is 0 Å². The summed E-state index contributed by atoms with van der Waals surface area (Å²) < 4.78 is 37.0. The summed E-state index contributed by atoms with van der Waals surface area (Å²) in [5.74, 6) is 2.74. The number of rotatable bonds is 6. The Hall–Kier alpha value is -4.70. The van der Waals surface area contributed by atoms with Crippen molar-refractivity contribution in [1.82, 2.24) is 0 Å². The number of ether oxygens (including phenoxy) is 6. The topological polar surface area (TPSA) is 55.4 Å². The van der Waals surface area contributed by atoms with Crippen LogP contribution in [0.1, 0.15) is 0 Å². The molecular formula is C44H42O6P2. The van der Waals surface area contributed by atoms with Gasteiger partial charge in [-0.3, -0.25) is 0 Å². The lowest BCUT2D eigenvalue weighted by molar-refractivity contribution is 0.0640. The van der Waals surface area contributed by atoms with Crippen molar-refractivity contribution in [2.75, 3.05) is 52.9 Å². The molecule has 1 aliphatic heterocycles. The predicted molar refractivity (Wildman–Crippen MR) is 214 cm³/mol. The summed E-state index contributed by atoms with van der Waals surface area (Å²) in [4.78, 5) is 0. The van der Waals surface area contributed by atoms with Gasteiger partial charge < -0.3 is 28.4 Å². The van der Waals surface area contributed by atoms with Crippen molar-refractivity contribution in [3.63, 3.8) is 0 Å². The molecule has 0 fully saturated rings. The molecule has 0 aliphatic carbocycles. The van der Waals surface area contributed by atoms with Crippen molar-refractivity contribution >= 4 is 47.7 Å². The van der Waals surface area contributed by atoms with Crippen molar-refractivity contribution in [3.05, 3.63) is 158 Å². The first-order chi connectivity index (χ1) is 25.8. The highest BCUT2D eigenvalue weighted by Crippen LogP contribution is 2.38. The first-order valence-corrected chi connectivity index (χ1v) is 20.3. The molecule has 1 aliphatic rings. The second kappa shape index (κ2) is 18.7. The molecule has 0 radical (unpaired) electrons. The molecule has 0 unspecified atom stereocenters. The normalized spacial score (nSPS) is 14.3. The maximum absolute atomic E-state index is 6.32. The standard InChI is InChI=1S/C44H42O6P2/c1-5-13-35(14-6-1)51(36-15-7-2-8-16-36)39-21-23-41-43(33-39)49-31-27-45-26-30-48-42-24-22-40(34-44(42)50-32-28-46-25-29-47-41)52(37-17-9-3-10-18-37)38-19-11-4-12-20-38/h1-24,33-34H,25-32H2. The molecule has 0 atom stereocenters. The lowest BCUT2D eigenvalue weighted by Gasteiger charge is -2.22. The molecule has 0 bridgehead atoms. The highest BCUT2D eigenvalue weighted by molar-refractivity contribution is 7.80. The molecule has 0 aromatic heterocycles. The van der Waals surface area contributed by atoms with Gasteiger partial charge in [-0.2, -0.15) is 0 Å². The van der Waals surface area contributed by atoms with Gasteiger partial charge in [0.15, 0.2) is 23.0 Å². The predicted octanol–water partition coefficient (Wildman–Crippen LogP) is 6.47. The molecule has 6 nitrogen and oxygen atoms in total. The highest BCUT2D eigenvalue weighted by atomic mass is 31.1. The number of hydrogen-bond donors (Lipinski definition) is 0. The van der Waals surface area contributed by atoms with Crippen LogP contribution in [0.15, 0.2) is 158 Å². The maximum Gasteiger partial charge on any atom is 0.161 e. The van der Waals surface area contributed by atoms with Gasteiger partial charge in [-0.1, -0.05) is 121 Å². The van der Waals surface area contributed by atoms with Crippen molar-refractivity contribution in [3.8, 4) is 23.0 Å². The molecule has 0 saturated heterocycles. The van der Waals surface area contributed by atoms with Crippen LogP contribution < -0.4 is 50.8 Å². The quantitative estimate of drug-likeness (QED) is 0.184. The Bertz CT molecular complexity index is 1740. The molecule has 8 heteroatoms. The fourth-order valence-electron chi connectivity index (χ4n) is 5.98. The van der Waals surface area contributed by atoms with Gasteiger partial charge in [-0.15, -0.1) is 0 Å². The van der Waals surface area contributed by atoms with E-state index in [0.29, 0.717) is 75.9 Å². The van der Waals surface area contributed by atoms with Crippen molar-refractivity contribution < 1.29 is 28.4 Å². The lowest BCUT2D eigenvalue weighted by atomic mass is 10.3. The van der Waals surface area contributed by atoms with Crippen LogP contribution in [-0.4, -0.2) is 52.9 Å². The third-order valence-corrected chi connectivity index (χ3v) is 13.2. The van der Waals surface area contributed by atoms with Gasteiger partial charge in [-0.05, 0) is 84.1 Å². The van der Waals surface area contributed by atoms with Crippen LogP contribution in [0.25, 0.3) is 0 Å². The first kappa shape index (κ1) is 35.7. The van der Waals surface area contributed by atoms with E-state index in [9.17, 15) is 0 Å². The highest BCUT2D eigenvalue weighted by Gasteiger charge is 2.20. The molecule has 0 amide bonds. The van der Waals surface area contributed by atoms with Crippen LogP contribution >= 0.6 is 15.8 Å². The molecule has 6 aromatic rings. The molecule has 7 rings (SSSR count). The van der Waals surface area contributed by atoms with Crippen LogP contribution in [0.4, 0.5) is 0 Å². The Kier molecular flexibility index (Phi) is 12.8. The van der Waals surface area contributed by atoms with E-state index < -0.39 is 15.8 Å². The minimum atomic E-state index is -0.790. The monoisotopic (exact) mass is 728 g/mol. The van der Waals surface area contributed by atoms with Gasteiger partial charge in [0.05, 0.1) is 26.4 Å². The minimum Gasteiger partial charge on any atom is -0.487 e. The smallest absolute Gasteiger partial charge is 0.161 e. The second-order valence-corrected chi connectivity index (χ2v) is 16.3. The first-order valence-electron chi connectivity index (χ1n) is 17.6. The molecule has 264 valence electrons. The lowest BCUT2D eigenvalue weighted by Crippen LogP contribution is -2.21. The zero-order valence-corrected chi connectivity index (χ0v) is 30.8. The summed E-state index contributed by atoms with van der Waals surface area (Å²) in [5.41, 5.74) is 0. The van der Waals surface area contributed by atoms with E-state index in [1.165, 1.54) is 31.8 Å². The van der Waals surface area contributed by atoms with Crippen molar-refractivity contribution in [2.45, 2.75) is 0 Å². The second-order valence-electron chi connectivity index (χ2n) is 11.9. The molecule has 0 saturated carbocycles. The van der Waals surface area contributed by atoms with E-state index in [2.05, 4.69) is 146 Å². The van der Waals surface area contributed by atoms with Crippen molar-refractivity contribution in [1.29, 1.82) is 0 Å². The summed E-state index contributed by atoms with van der Waals surface area (Å²) in [7, 11) is -1.58. The number of fused-ring (bicyclic) bond motifs is 2. The Morgan fingerprint density at radius 3 is 0.865 bits per heavy atom. The average Bonchev–Trinajstić information content (AvgIpc) is 3.20. The number of hydrogen-bond acceptors (Lipinski definition) is 6. The molecule has 0 N–H and O–H groups in total. The SMILES string of the molecule is c1ccc(P(c2ccccc2)c2ccc3c(c2)OCCOCCOc2ccc(P(c4ccccc4)c4ccccc4)cc2OCCOCCO3)cc1. The largest absolute Gasteiger partial charge is 0.487 e. The van der Waals surface area contributed by atoms with Gasteiger partial charge in [0, 0.05) is 0 Å². The third-order valence-electron chi connectivity index (χ3n) is 8.37. The maximum atomic E-state index is 6.32. The molecular weight excluding hydrogens is 686 g/mol. The fraction of sp³-hybridized carbons (Fsp3) is 0.182. The Balaban J connectivity index is 1.06. The van der Waals surface area contributed by atoms with Gasteiger partial charge in [-0.25, -0.2) is 0 Å². The van der Waals surface area contributed by atoms with Crippen LogP contribution in [0.5, 0.6) is 23.0 Å². The average molecular weight is 729 g/mol. The van der Waals surface area contributed by atoms with Gasteiger partial charge in [0.1, 0.15) is 26.4 Å². The Morgan fingerprint density at radius 1 is 0.269 bits per heavy atom. The van der Waals surface area contributed by atoms with E-state index >= 15 is 0 Å². The van der Waals surface area contributed by atoms with E-state index in [4.69, 9.17) is 28.4 Å². The third kappa shape index (κ3) is 9.39. The van der Waals surface area contributed by atoms with Gasteiger partial charge in [0.2, 0.25) is 0 Å². The summed E-state index contributed by atoms with van der Waals surface area (Å²) in [6, 6.07) is 55.1. The van der Waals surface area contributed by atoms with Crippen molar-refractivity contribution in [2.24, 2.45) is 0 Å². The van der Waals surface area contributed by atoms with E-state index in [1.807, 2.05) is 12.1 Å². The molecule has 1 heterocycles. The van der Waals surface area contributed by atoms with Crippen LogP contribution in [0.2, 0.25) is 0 Å². The Morgan fingerprint density at radius 2 is 0.558 bits per heavy atom. The Labute approximate surface area is 308 Å². The summed E-state index contributed by atoms with van der Waals surface area (Å²) >= 11 is 0. The fourth-order valence-corrected chi connectivity index (χ4v) is 10.6. The van der Waals surface area contributed by atoms with Crippen LogP contribution in [0.3, 0.4) is 0 Å². The summed E-state index contributed by atoms with van der Waals surface area (Å²) in [5, 5.41) is 7.46. The molecule has 6 aromatic carbocycles. The zero-order valence-electron chi connectivity index (χ0n) is 29.0. The van der Waals surface area contributed by atoms with E-state index in [1.54, 1.807) is 0 Å². The van der Waals surface area contributed by atoms with Crippen LogP contribution in [-0.2, 0) is 9.47 Å². The number of benzene rings is 6. The van der Waals surface area contributed by atoms with Gasteiger partial charge >= 0.3 is 0 Å². The molecule has 52 heavy (non-hydrogen) atoms. The summed E-state index contributed by atoms with van der Waals surface area (Å²) in [6.45, 7) is 3.12.